The molecule has 1 saturated heterocycles. The summed E-state index contributed by atoms with van der Waals surface area (Å²) in [7, 11) is 0. The summed E-state index contributed by atoms with van der Waals surface area (Å²) in [5.74, 6) is 0. The maximum atomic E-state index is 2.49. The molecule has 0 bridgehead atoms. The molecule has 1 heterocycles. The summed E-state index contributed by atoms with van der Waals surface area (Å²) in [6, 6.07) is 0. The molecule has 3 rings (SSSR count). The van der Waals surface area contributed by atoms with Crippen LogP contribution < -0.4 is 0 Å². The first-order chi connectivity index (χ1) is 10.4. The van der Waals surface area contributed by atoms with Crippen molar-refractivity contribution in [3.05, 3.63) is 41.2 Å². The molecule has 1 aliphatic heterocycles. The van der Waals surface area contributed by atoms with Crippen LogP contribution >= 0.6 is 0 Å². The minimum atomic E-state index is -2.10. The van der Waals surface area contributed by atoms with Crippen LogP contribution in [0, 0.1) is 10.8 Å². The van der Waals surface area contributed by atoms with Gasteiger partial charge in [0.05, 0.1) is 0 Å². The van der Waals surface area contributed by atoms with E-state index >= 15 is 0 Å². The molecule has 1 heteroatoms. The SMILES string of the molecule is CC1=C(C)C(C)(C)[C]([Ti]2([C]3=C(C)C(C)=C(C)C3(C)C)[CH2][CH2]2)=C1C. The second-order valence-corrected chi connectivity index (χ2v) is 15.8. The number of hydrogen-bond donors (Lipinski definition) is 0. The quantitative estimate of drug-likeness (QED) is 0.460. The van der Waals surface area contributed by atoms with Crippen molar-refractivity contribution in [2.75, 3.05) is 0 Å². The Balaban J connectivity index is 2.21. The predicted molar refractivity (Wildman–Crippen MR) is 99.3 cm³/mol. The van der Waals surface area contributed by atoms with E-state index in [0.717, 1.165) is 0 Å². The molecule has 0 nitrogen and oxygen atoms in total. The Bertz CT molecular complexity index is 668. The van der Waals surface area contributed by atoms with Crippen LogP contribution in [-0.4, -0.2) is 0 Å². The Morgan fingerprint density at radius 2 is 0.870 bits per heavy atom. The second-order valence-electron chi connectivity index (χ2n) is 9.33. The Labute approximate surface area is 147 Å². The van der Waals surface area contributed by atoms with Crippen LogP contribution in [0.15, 0.2) is 41.2 Å². The van der Waals surface area contributed by atoms with E-state index in [-0.39, 0.29) is 0 Å². The average molecular weight is 346 g/mol. The molecule has 126 valence electrons. The Kier molecular flexibility index (Phi) is 3.69. The van der Waals surface area contributed by atoms with Crippen LogP contribution in [0.2, 0.25) is 9.45 Å². The Morgan fingerprint density at radius 1 is 0.565 bits per heavy atom. The first-order valence-corrected chi connectivity index (χ1v) is 13.0. The van der Waals surface area contributed by atoms with E-state index in [0.29, 0.717) is 10.8 Å². The molecule has 2 aliphatic carbocycles. The molecule has 0 aromatic rings. The maximum absolute atomic E-state index is 2.49. The molecule has 0 spiro atoms. The average Bonchev–Trinajstić information content (AvgIpc) is 3.17. The zero-order valence-electron chi connectivity index (χ0n) is 16.9. The van der Waals surface area contributed by atoms with Crippen LogP contribution in [0.5, 0.6) is 0 Å². The first kappa shape index (κ1) is 17.5. The summed E-state index contributed by atoms with van der Waals surface area (Å²) in [5.41, 5.74) is 10.3. The predicted octanol–water partition coefficient (Wildman–Crippen LogP) is 7.29. The summed E-state index contributed by atoms with van der Waals surface area (Å²) >= 11 is -2.10. The third kappa shape index (κ3) is 2.01. The molecular weight excluding hydrogens is 312 g/mol. The van der Waals surface area contributed by atoms with Gasteiger partial charge in [0.25, 0.3) is 0 Å². The molecule has 3 aliphatic rings. The van der Waals surface area contributed by atoms with Gasteiger partial charge in [-0.3, -0.25) is 0 Å². The van der Waals surface area contributed by atoms with Crippen molar-refractivity contribution in [2.45, 2.75) is 78.7 Å². The van der Waals surface area contributed by atoms with Crippen molar-refractivity contribution in [3.63, 3.8) is 0 Å². The fourth-order valence-corrected chi connectivity index (χ4v) is 17.0. The summed E-state index contributed by atoms with van der Waals surface area (Å²) in [5, 5.41) is 0. The van der Waals surface area contributed by atoms with E-state index in [1.165, 1.54) is 9.45 Å². The van der Waals surface area contributed by atoms with E-state index in [1.54, 1.807) is 33.4 Å². The van der Waals surface area contributed by atoms with Gasteiger partial charge in [-0.2, -0.15) is 0 Å². The Morgan fingerprint density at radius 3 is 1.04 bits per heavy atom. The first-order valence-electron chi connectivity index (χ1n) is 9.21. The molecule has 0 aromatic carbocycles. The van der Waals surface area contributed by atoms with E-state index < -0.39 is 16.6 Å². The molecule has 23 heavy (non-hydrogen) atoms. The van der Waals surface area contributed by atoms with Crippen molar-refractivity contribution in [2.24, 2.45) is 10.8 Å². The number of hydrogen-bond acceptors (Lipinski definition) is 0. The zero-order chi connectivity index (χ0) is 17.5. The van der Waals surface area contributed by atoms with Gasteiger partial charge in [0, 0.05) is 0 Å². The van der Waals surface area contributed by atoms with Crippen LogP contribution in [0.3, 0.4) is 0 Å². The van der Waals surface area contributed by atoms with Gasteiger partial charge in [-0.05, 0) is 0 Å². The summed E-state index contributed by atoms with van der Waals surface area (Å²) in [4.78, 5) is 0. The fraction of sp³-hybridized carbons (Fsp3) is 0.636. The van der Waals surface area contributed by atoms with Crippen LogP contribution in [0.4, 0.5) is 0 Å². The fourth-order valence-electron chi connectivity index (χ4n) is 5.85. The molecule has 1 fully saturated rings. The molecule has 0 saturated carbocycles. The van der Waals surface area contributed by atoms with Gasteiger partial charge >= 0.3 is 147 Å². The van der Waals surface area contributed by atoms with Gasteiger partial charge in [0.2, 0.25) is 0 Å². The Hall–Kier alpha value is -0.326. The molecule has 0 amide bonds. The van der Waals surface area contributed by atoms with E-state index in [1.807, 2.05) is 7.76 Å². The third-order valence-corrected chi connectivity index (χ3v) is 16.3. The standard InChI is InChI=1S/2C10H15.C2H4.Ti/c2*1-7-6-10(4,5)9(3)8(7)2;1-2;/h2*1-5H3;1-2H2;. The number of allylic oxidation sites excluding steroid dienone is 8. The zero-order valence-corrected chi connectivity index (χ0v) is 18.5. The van der Waals surface area contributed by atoms with Crippen molar-refractivity contribution in [1.82, 2.24) is 0 Å². The molecule has 0 aromatic heterocycles. The normalized spacial score (nSPS) is 28.4. The summed E-state index contributed by atoms with van der Waals surface area (Å²) < 4.78 is 6.87. The topological polar surface area (TPSA) is 0 Å². The van der Waals surface area contributed by atoms with Gasteiger partial charge < -0.3 is 0 Å². The van der Waals surface area contributed by atoms with Crippen molar-refractivity contribution in [3.8, 4) is 0 Å². The monoisotopic (exact) mass is 346 g/mol. The van der Waals surface area contributed by atoms with E-state index in [4.69, 9.17) is 0 Å². The second kappa shape index (κ2) is 4.86. The van der Waals surface area contributed by atoms with Crippen LogP contribution in [0.1, 0.15) is 69.2 Å². The van der Waals surface area contributed by atoms with Gasteiger partial charge in [-0.15, -0.1) is 0 Å². The van der Waals surface area contributed by atoms with Crippen LogP contribution in [-0.2, 0) is 16.6 Å². The molecule has 0 atom stereocenters. The van der Waals surface area contributed by atoms with Gasteiger partial charge in [0.15, 0.2) is 0 Å². The molecular formula is C22H34Ti. The minimum absolute atomic E-state index is 0.290. The van der Waals surface area contributed by atoms with Crippen molar-refractivity contribution in [1.29, 1.82) is 0 Å². The molecule has 0 N–H and O–H groups in total. The molecule has 0 unspecified atom stereocenters. The van der Waals surface area contributed by atoms with Gasteiger partial charge in [-0.1, -0.05) is 0 Å². The molecule has 0 radical (unpaired) electrons. The third-order valence-electron chi connectivity index (χ3n) is 7.83. The van der Waals surface area contributed by atoms with E-state index in [9.17, 15) is 0 Å². The van der Waals surface area contributed by atoms with Crippen molar-refractivity contribution >= 4 is 0 Å². The van der Waals surface area contributed by atoms with Crippen LogP contribution in [0.25, 0.3) is 0 Å². The van der Waals surface area contributed by atoms with Crippen molar-refractivity contribution < 1.29 is 16.6 Å². The van der Waals surface area contributed by atoms with E-state index in [2.05, 4.69) is 69.2 Å². The van der Waals surface area contributed by atoms with Gasteiger partial charge in [0.1, 0.15) is 0 Å². The number of rotatable bonds is 2. The summed E-state index contributed by atoms with van der Waals surface area (Å²) in [6.45, 7) is 24.3. The van der Waals surface area contributed by atoms with Gasteiger partial charge in [-0.25, -0.2) is 0 Å². The summed E-state index contributed by atoms with van der Waals surface area (Å²) in [6.07, 6.45) is 0.